The Hall–Kier alpha value is -2.44. The van der Waals surface area contributed by atoms with Crippen molar-refractivity contribution in [2.24, 2.45) is 5.14 Å². The first-order chi connectivity index (χ1) is 11.2. The average Bonchev–Trinajstić information content (AvgIpc) is 2.79. The lowest BCUT2D eigenvalue weighted by Crippen LogP contribution is -2.12. The van der Waals surface area contributed by atoms with Crippen LogP contribution in [-0.4, -0.2) is 14.3 Å². The maximum Gasteiger partial charge on any atom is 0.256 e. The molecule has 0 saturated carbocycles. The minimum absolute atomic E-state index is 0.0135. The highest BCUT2D eigenvalue weighted by atomic mass is 32.2. The molecule has 0 bridgehead atoms. The number of aryl methyl sites for hydroxylation is 3. The van der Waals surface area contributed by atoms with E-state index in [4.69, 9.17) is 5.14 Å². The van der Waals surface area contributed by atoms with Gasteiger partial charge in [0.2, 0.25) is 10.0 Å². The van der Waals surface area contributed by atoms with Crippen molar-refractivity contribution in [3.63, 3.8) is 0 Å². The van der Waals surface area contributed by atoms with Gasteiger partial charge in [0.1, 0.15) is 0 Å². The van der Waals surface area contributed by atoms with Crippen molar-refractivity contribution in [2.75, 3.05) is 5.32 Å². The smallest absolute Gasteiger partial charge is 0.256 e. The van der Waals surface area contributed by atoms with Crippen molar-refractivity contribution >= 4 is 33.3 Å². The molecule has 0 aliphatic carbocycles. The van der Waals surface area contributed by atoms with Crippen LogP contribution in [0.4, 0.5) is 5.69 Å². The summed E-state index contributed by atoms with van der Waals surface area (Å²) in [4.78, 5) is 12.3. The second-order valence-corrected chi connectivity index (χ2v) is 7.62. The number of anilines is 1. The van der Waals surface area contributed by atoms with Crippen LogP contribution in [0.25, 0.3) is 11.6 Å². The largest absolute Gasteiger partial charge is 0.321 e. The summed E-state index contributed by atoms with van der Waals surface area (Å²) in [5, 5.41) is 7.94. The third kappa shape index (κ3) is 2.86. The highest BCUT2D eigenvalue weighted by Gasteiger charge is 2.26. The molecule has 0 unspecified atom stereocenters. The second kappa shape index (κ2) is 5.58. The number of carbonyl (C=O) groups is 1. The fraction of sp³-hybridized carbons (Fsp3) is 0.167. The van der Waals surface area contributed by atoms with E-state index < -0.39 is 10.0 Å². The van der Waals surface area contributed by atoms with Gasteiger partial charge < -0.3 is 5.32 Å². The van der Waals surface area contributed by atoms with Gasteiger partial charge in [-0.25, -0.2) is 13.6 Å². The van der Waals surface area contributed by atoms with Crippen LogP contribution in [0.5, 0.6) is 0 Å². The minimum atomic E-state index is -3.82. The van der Waals surface area contributed by atoms with Gasteiger partial charge in [-0.1, -0.05) is 12.1 Å². The topological polar surface area (TPSA) is 89.3 Å². The first-order valence-corrected chi connectivity index (χ1v) is 8.99. The maximum atomic E-state index is 12.3. The van der Waals surface area contributed by atoms with E-state index >= 15 is 0 Å². The molecule has 24 heavy (non-hydrogen) atoms. The molecule has 1 aliphatic heterocycles. The van der Waals surface area contributed by atoms with E-state index in [1.807, 2.05) is 26.8 Å². The second-order valence-electron chi connectivity index (χ2n) is 6.06. The first kappa shape index (κ1) is 16.4. The number of sulfonamides is 1. The number of benzene rings is 2. The van der Waals surface area contributed by atoms with Crippen LogP contribution in [0.3, 0.4) is 0 Å². The van der Waals surface area contributed by atoms with Crippen molar-refractivity contribution in [1.82, 2.24) is 0 Å². The molecule has 3 N–H and O–H groups in total. The van der Waals surface area contributed by atoms with Crippen molar-refractivity contribution < 1.29 is 13.2 Å². The van der Waals surface area contributed by atoms with Gasteiger partial charge in [-0.3, -0.25) is 4.79 Å². The quantitative estimate of drug-likeness (QED) is 0.822. The van der Waals surface area contributed by atoms with Gasteiger partial charge in [0.25, 0.3) is 5.91 Å². The summed E-state index contributed by atoms with van der Waals surface area (Å²) < 4.78 is 23.1. The summed E-state index contributed by atoms with van der Waals surface area (Å²) in [6.45, 7) is 6.03. The van der Waals surface area contributed by atoms with Gasteiger partial charge in [-0.2, -0.15) is 0 Å². The van der Waals surface area contributed by atoms with Crippen LogP contribution in [0.15, 0.2) is 35.2 Å². The summed E-state index contributed by atoms with van der Waals surface area (Å²) in [5.74, 6) is -0.255. The first-order valence-electron chi connectivity index (χ1n) is 7.45. The predicted octanol–water partition coefficient (Wildman–Crippen LogP) is 2.75. The van der Waals surface area contributed by atoms with E-state index in [1.165, 1.54) is 17.7 Å². The van der Waals surface area contributed by atoms with Crippen LogP contribution < -0.4 is 10.5 Å². The fourth-order valence-corrected chi connectivity index (χ4v) is 3.32. The van der Waals surface area contributed by atoms with Gasteiger partial charge in [0.15, 0.2) is 0 Å². The maximum absolute atomic E-state index is 12.3. The molecule has 1 aliphatic rings. The highest BCUT2D eigenvalue weighted by Crippen LogP contribution is 2.35. The molecule has 5 nitrogen and oxygen atoms in total. The number of hydrogen-bond donors (Lipinski definition) is 2. The van der Waals surface area contributed by atoms with Crippen LogP contribution >= 0.6 is 0 Å². The lowest BCUT2D eigenvalue weighted by Gasteiger charge is -2.07. The standard InChI is InChI=1S/C18H18N2O3S/c1-10-6-12(3)13(7-11(10)2)8-16-15-9-14(24(19,22)23)4-5-17(15)20-18(16)21/h4-9H,1-3H3,(H,20,21)(H2,19,22,23)/b16-8+. The van der Waals surface area contributed by atoms with Gasteiger partial charge in [0.05, 0.1) is 4.90 Å². The Morgan fingerprint density at radius 3 is 2.33 bits per heavy atom. The van der Waals surface area contributed by atoms with Crippen LogP contribution in [-0.2, 0) is 14.8 Å². The van der Waals surface area contributed by atoms with E-state index in [0.717, 1.165) is 16.7 Å². The number of fused-ring (bicyclic) bond motifs is 1. The number of nitrogens with two attached hydrogens (primary N) is 1. The monoisotopic (exact) mass is 342 g/mol. The number of carbonyl (C=O) groups excluding carboxylic acids is 1. The van der Waals surface area contributed by atoms with E-state index in [9.17, 15) is 13.2 Å². The average molecular weight is 342 g/mol. The Bertz CT molecular complexity index is 1010. The Kier molecular flexibility index (Phi) is 3.81. The third-order valence-corrected chi connectivity index (χ3v) is 5.20. The fourth-order valence-electron chi connectivity index (χ4n) is 2.78. The van der Waals surface area contributed by atoms with Crippen LogP contribution in [0, 0.1) is 20.8 Å². The molecule has 0 fully saturated rings. The summed E-state index contributed by atoms with van der Waals surface area (Å²) in [5.41, 5.74) is 5.85. The van der Waals surface area contributed by atoms with Crippen molar-refractivity contribution in [3.05, 3.63) is 58.1 Å². The summed E-state index contributed by atoms with van der Waals surface area (Å²) in [6.07, 6.45) is 1.79. The normalized spacial score (nSPS) is 15.5. The molecular weight excluding hydrogens is 324 g/mol. The molecule has 0 saturated heterocycles. The Morgan fingerprint density at radius 2 is 1.67 bits per heavy atom. The van der Waals surface area contributed by atoms with Gasteiger partial charge >= 0.3 is 0 Å². The predicted molar refractivity (Wildman–Crippen MR) is 95.0 cm³/mol. The molecule has 0 radical (unpaired) electrons. The SMILES string of the molecule is Cc1cc(C)c(/C=C2/C(=O)Nc3ccc(S(N)(=O)=O)cc32)cc1C. The zero-order valence-electron chi connectivity index (χ0n) is 13.7. The van der Waals surface area contributed by atoms with Gasteiger partial charge in [-0.15, -0.1) is 0 Å². The molecule has 124 valence electrons. The van der Waals surface area contributed by atoms with Gasteiger partial charge in [0, 0.05) is 16.8 Å². The number of rotatable bonds is 2. The molecule has 1 amide bonds. The van der Waals surface area contributed by atoms with E-state index in [1.54, 1.807) is 12.1 Å². The Labute approximate surface area is 141 Å². The molecule has 2 aromatic rings. The van der Waals surface area contributed by atoms with Gasteiger partial charge in [-0.05, 0) is 67.3 Å². The molecule has 3 rings (SSSR count). The highest BCUT2D eigenvalue weighted by molar-refractivity contribution is 7.89. The zero-order chi connectivity index (χ0) is 17.6. The molecule has 1 heterocycles. The molecule has 0 atom stereocenters. The van der Waals surface area contributed by atoms with Crippen molar-refractivity contribution in [2.45, 2.75) is 25.7 Å². The van der Waals surface area contributed by atoms with Crippen LogP contribution in [0.2, 0.25) is 0 Å². The molecular formula is C18H18N2O3S. The lowest BCUT2D eigenvalue weighted by atomic mass is 9.97. The van der Waals surface area contributed by atoms with Crippen molar-refractivity contribution in [1.29, 1.82) is 0 Å². The number of amides is 1. The van der Waals surface area contributed by atoms with E-state index in [0.29, 0.717) is 16.8 Å². The number of hydrogen-bond acceptors (Lipinski definition) is 3. The molecule has 0 spiro atoms. The van der Waals surface area contributed by atoms with Crippen LogP contribution in [0.1, 0.15) is 27.8 Å². The summed E-state index contributed by atoms with van der Waals surface area (Å²) in [7, 11) is -3.82. The molecule has 0 aromatic heterocycles. The minimum Gasteiger partial charge on any atom is -0.321 e. The van der Waals surface area contributed by atoms with E-state index in [2.05, 4.69) is 11.4 Å². The molecule has 6 heteroatoms. The Morgan fingerprint density at radius 1 is 1.00 bits per heavy atom. The summed E-state index contributed by atoms with van der Waals surface area (Å²) >= 11 is 0. The number of nitrogens with one attached hydrogen (secondary N) is 1. The van der Waals surface area contributed by atoms with Crippen molar-refractivity contribution in [3.8, 4) is 0 Å². The molecule has 2 aromatic carbocycles. The lowest BCUT2D eigenvalue weighted by molar-refractivity contribution is -0.110. The van der Waals surface area contributed by atoms with E-state index in [-0.39, 0.29) is 10.8 Å². The Balaban J connectivity index is 2.18. The summed E-state index contributed by atoms with van der Waals surface area (Å²) in [6, 6.07) is 8.47. The zero-order valence-corrected chi connectivity index (χ0v) is 14.5. The number of primary sulfonamides is 1. The third-order valence-electron chi connectivity index (χ3n) is 4.28.